The summed E-state index contributed by atoms with van der Waals surface area (Å²) in [5, 5.41) is 12.5. The number of rotatable bonds is 4. The van der Waals surface area contributed by atoms with E-state index in [9.17, 15) is 9.90 Å². The van der Waals surface area contributed by atoms with Crippen molar-refractivity contribution in [1.29, 1.82) is 0 Å². The van der Waals surface area contributed by atoms with Crippen molar-refractivity contribution in [3.8, 4) is 0 Å². The zero-order chi connectivity index (χ0) is 13.8. The zero-order valence-corrected chi connectivity index (χ0v) is 11.6. The van der Waals surface area contributed by atoms with E-state index >= 15 is 0 Å². The molecular formula is C15H22N2O2. The number of benzene rings is 1. The summed E-state index contributed by atoms with van der Waals surface area (Å²) < 4.78 is 0. The van der Waals surface area contributed by atoms with Gasteiger partial charge in [-0.05, 0) is 30.9 Å². The minimum absolute atomic E-state index is 0.00176. The number of nitrogens with one attached hydrogen (secondary N) is 1. The van der Waals surface area contributed by atoms with Crippen molar-refractivity contribution in [1.82, 2.24) is 4.90 Å². The number of aliphatic hydroxyl groups excluding tert-OH is 1. The molecule has 1 amide bonds. The van der Waals surface area contributed by atoms with Gasteiger partial charge < -0.3 is 10.4 Å². The highest BCUT2D eigenvalue weighted by Crippen LogP contribution is 2.21. The molecular weight excluding hydrogens is 240 g/mol. The Morgan fingerprint density at radius 3 is 2.95 bits per heavy atom. The number of likely N-dealkylation sites (tertiary alicyclic amines) is 1. The first kappa shape index (κ1) is 14.0. The highest BCUT2D eigenvalue weighted by molar-refractivity contribution is 5.93. The van der Waals surface area contributed by atoms with Gasteiger partial charge in [-0.1, -0.05) is 25.1 Å². The largest absolute Gasteiger partial charge is 0.392 e. The Morgan fingerprint density at radius 2 is 2.32 bits per heavy atom. The molecule has 1 aliphatic rings. The predicted molar refractivity (Wildman–Crippen MR) is 76.3 cm³/mol. The highest BCUT2D eigenvalue weighted by Gasteiger charge is 2.22. The van der Waals surface area contributed by atoms with Crippen molar-refractivity contribution >= 4 is 11.6 Å². The second-order valence-electron chi connectivity index (χ2n) is 5.19. The van der Waals surface area contributed by atoms with Crippen LogP contribution < -0.4 is 5.32 Å². The summed E-state index contributed by atoms with van der Waals surface area (Å²) in [6, 6.07) is 6.07. The van der Waals surface area contributed by atoms with Crippen LogP contribution in [0, 0.1) is 6.92 Å². The van der Waals surface area contributed by atoms with Gasteiger partial charge in [-0.15, -0.1) is 0 Å². The number of hydrogen-bond donors (Lipinski definition) is 2. The SMILES string of the molecule is CCc1cccc(C)c1NC(=O)CN1CCC(O)C1. The van der Waals surface area contributed by atoms with Crippen LogP contribution in [0.5, 0.6) is 0 Å². The van der Waals surface area contributed by atoms with E-state index in [1.54, 1.807) is 0 Å². The van der Waals surface area contributed by atoms with Gasteiger partial charge in [-0.2, -0.15) is 0 Å². The van der Waals surface area contributed by atoms with E-state index in [0.29, 0.717) is 13.1 Å². The summed E-state index contributed by atoms with van der Waals surface area (Å²) in [6.45, 7) is 5.84. The Hall–Kier alpha value is -1.39. The fraction of sp³-hybridized carbons (Fsp3) is 0.533. The van der Waals surface area contributed by atoms with Crippen molar-refractivity contribution in [2.75, 3.05) is 25.0 Å². The number of carbonyl (C=O) groups excluding carboxylic acids is 1. The number of amides is 1. The first-order valence-corrected chi connectivity index (χ1v) is 6.89. The van der Waals surface area contributed by atoms with Gasteiger partial charge in [0.25, 0.3) is 0 Å². The molecule has 1 aromatic rings. The molecule has 1 aromatic carbocycles. The number of anilines is 1. The third-order valence-electron chi connectivity index (χ3n) is 3.62. The summed E-state index contributed by atoms with van der Waals surface area (Å²) in [4.78, 5) is 14.1. The molecule has 104 valence electrons. The monoisotopic (exact) mass is 262 g/mol. The normalized spacial score (nSPS) is 19.6. The van der Waals surface area contributed by atoms with Crippen LogP contribution in [0.1, 0.15) is 24.5 Å². The van der Waals surface area contributed by atoms with Crippen LogP contribution in [-0.2, 0) is 11.2 Å². The van der Waals surface area contributed by atoms with Crippen molar-refractivity contribution in [3.05, 3.63) is 29.3 Å². The third-order valence-corrected chi connectivity index (χ3v) is 3.62. The number of carbonyl (C=O) groups is 1. The molecule has 0 bridgehead atoms. The molecule has 0 aliphatic carbocycles. The Balaban J connectivity index is 1.99. The van der Waals surface area contributed by atoms with Crippen molar-refractivity contribution in [3.63, 3.8) is 0 Å². The van der Waals surface area contributed by atoms with Crippen molar-refractivity contribution in [2.45, 2.75) is 32.8 Å². The molecule has 2 rings (SSSR count). The van der Waals surface area contributed by atoms with Gasteiger partial charge in [0, 0.05) is 18.8 Å². The number of aryl methyl sites for hydroxylation is 2. The second kappa shape index (κ2) is 6.17. The fourth-order valence-corrected chi connectivity index (χ4v) is 2.54. The summed E-state index contributed by atoms with van der Waals surface area (Å²) >= 11 is 0. The maximum atomic E-state index is 12.1. The van der Waals surface area contributed by atoms with Crippen LogP contribution in [0.25, 0.3) is 0 Å². The quantitative estimate of drug-likeness (QED) is 0.866. The topological polar surface area (TPSA) is 52.6 Å². The average molecular weight is 262 g/mol. The fourth-order valence-electron chi connectivity index (χ4n) is 2.54. The molecule has 0 aromatic heterocycles. The predicted octanol–water partition coefficient (Wildman–Crippen LogP) is 1.56. The molecule has 4 heteroatoms. The number of aliphatic hydroxyl groups is 1. The molecule has 19 heavy (non-hydrogen) atoms. The van der Waals surface area contributed by atoms with Gasteiger partial charge >= 0.3 is 0 Å². The molecule has 4 nitrogen and oxygen atoms in total. The van der Waals surface area contributed by atoms with Crippen LogP contribution in [0.3, 0.4) is 0 Å². The van der Waals surface area contributed by atoms with E-state index in [1.807, 2.05) is 30.0 Å². The van der Waals surface area contributed by atoms with E-state index in [0.717, 1.165) is 36.2 Å². The van der Waals surface area contributed by atoms with Gasteiger partial charge in [0.1, 0.15) is 0 Å². The molecule has 1 unspecified atom stereocenters. The van der Waals surface area contributed by atoms with Crippen LogP contribution >= 0.6 is 0 Å². The van der Waals surface area contributed by atoms with Crippen LogP contribution in [0.15, 0.2) is 18.2 Å². The van der Waals surface area contributed by atoms with Crippen molar-refractivity contribution in [2.24, 2.45) is 0 Å². The molecule has 2 N–H and O–H groups in total. The lowest BCUT2D eigenvalue weighted by Crippen LogP contribution is -2.32. The Labute approximate surface area is 114 Å². The smallest absolute Gasteiger partial charge is 0.238 e. The van der Waals surface area contributed by atoms with Crippen LogP contribution in [0.2, 0.25) is 0 Å². The molecule has 1 fully saturated rings. The van der Waals surface area contributed by atoms with Gasteiger partial charge in [0.2, 0.25) is 5.91 Å². The Bertz CT molecular complexity index is 459. The first-order chi connectivity index (χ1) is 9.10. The molecule has 0 radical (unpaired) electrons. The minimum Gasteiger partial charge on any atom is -0.392 e. The van der Waals surface area contributed by atoms with E-state index in [1.165, 1.54) is 0 Å². The maximum absolute atomic E-state index is 12.1. The Morgan fingerprint density at radius 1 is 1.53 bits per heavy atom. The van der Waals surface area contributed by atoms with Crippen LogP contribution in [0.4, 0.5) is 5.69 Å². The lowest BCUT2D eigenvalue weighted by Gasteiger charge is -2.17. The van der Waals surface area contributed by atoms with Crippen molar-refractivity contribution < 1.29 is 9.90 Å². The van der Waals surface area contributed by atoms with E-state index in [-0.39, 0.29) is 12.0 Å². The van der Waals surface area contributed by atoms with Gasteiger partial charge in [0.15, 0.2) is 0 Å². The molecule has 0 saturated carbocycles. The van der Waals surface area contributed by atoms with Gasteiger partial charge in [0.05, 0.1) is 12.6 Å². The number of nitrogens with zero attached hydrogens (tertiary/aromatic N) is 1. The molecule has 1 aliphatic heterocycles. The minimum atomic E-state index is -0.280. The first-order valence-electron chi connectivity index (χ1n) is 6.89. The van der Waals surface area contributed by atoms with E-state index in [2.05, 4.69) is 12.2 Å². The Kier molecular flexibility index (Phi) is 4.56. The summed E-state index contributed by atoms with van der Waals surface area (Å²) in [5.41, 5.74) is 3.19. The lowest BCUT2D eigenvalue weighted by atomic mass is 10.1. The maximum Gasteiger partial charge on any atom is 0.238 e. The molecule has 1 heterocycles. The second-order valence-corrected chi connectivity index (χ2v) is 5.19. The standard InChI is InChI=1S/C15H22N2O2/c1-3-12-6-4-5-11(2)15(12)16-14(19)10-17-8-7-13(18)9-17/h4-6,13,18H,3,7-10H2,1-2H3,(H,16,19). The summed E-state index contributed by atoms with van der Waals surface area (Å²) in [7, 11) is 0. The average Bonchev–Trinajstić information content (AvgIpc) is 2.77. The lowest BCUT2D eigenvalue weighted by molar-refractivity contribution is -0.117. The van der Waals surface area contributed by atoms with E-state index < -0.39 is 0 Å². The summed E-state index contributed by atoms with van der Waals surface area (Å²) in [6.07, 6.45) is 1.38. The molecule has 0 spiro atoms. The number of para-hydroxylation sites is 1. The summed E-state index contributed by atoms with van der Waals surface area (Å²) in [5.74, 6) is -0.00176. The number of hydrogen-bond acceptors (Lipinski definition) is 3. The molecule has 1 atom stereocenters. The third kappa shape index (κ3) is 3.55. The van der Waals surface area contributed by atoms with E-state index in [4.69, 9.17) is 0 Å². The van der Waals surface area contributed by atoms with Crippen LogP contribution in [-0.4, -0.2) is 41.7 Å². The highest BCUT2D eigenvalue weighted by atomic mass is 16.3. The van der Waals surface area contributed by atoms with Gasteiger partial charge in [-0.25, -0.2) is 0 Å². The zero-order valence-electron chi connectivity index (χ0n) is 11.6. The molecule has 1 saturated heterocycles. The number of β-amino-alcohol motifs (C(OH)–C–C–N with tert-alkyl or cyclic N) is 1. The van der Waals surface area contributed by atoms with Gasteiger partial charge in [-0.3, -0.25) is 9.69 Å².